The number of benzene rings is 1. The van der Waals surface area contributed by atoms with E-state index in [-0.39, 0.29) is 6.04 Å². The van der Waals surface area contributed by atoms with Gasteiger partial charge in [-0.05, 0) is 12.1 Å². The summed E-state index contributed by atoms with van der Waals surface area (Å²) >= 11 is 0. The maximum absolute atomic E-state index is 6.25. The Hall–Kier alpha value is -2.01. The highest BCUT2D eigenvalue weighted by Crippen LogP contribution is 2.34. The normalized spacial score (nSPS) is 12.2. The van der Waals surface area contributed by atoms with Gasteiger partial charge in [0, 0.05) is 31.3 Å². The van der Waals surface area contributed by atoms with E-state index >= 15 is 0 Å². The van der Waals surface area contributed by atoms with Crippen molar-refractivity contribution in [3.8, 4) is 11.5 Å². The van der Waals surface area contributed by atoms with Crippen molar-refractivity contribution >= 4 is 0 Å². The third kappa shape index (κ3) is 2.88. The van der Waals surface area contributed by atoms with Crippen molar-refractivity contribution in [3.63, 3.8) is 0 Å². The van der Waals surface area contributed by atoms with E-state index in [9.17, 15) is 0 Å². The van der Waals surface area contributed by atoms with E-state index in [1.807, 2.05) is 37.5 Å². The summed E-state index contributed by atoms with van der Waals surface area (Å²) in [7, 11) is 5.13. The summed E-state index contributed by atoms with van der Waals surface area (Å²) in [6.45, 7) is 0. The van der Waals surface area contributed by atoms with Gasteiger partial charge in [0.2, 0.25) is 0 Å². The molecule has 0 radical (unpaired) electrons. The number of rotatable bonds is 5. The van der Waals surface area contributed by atoms with E-state index in [2.05, 4.69) is 5.10 Å². The number of nitrogens with two attached hydrogens (primary N) is 1. The van der Waals surface area contributed by atoms with Crippen LogP contribution in [-0.2, 0) is 13.5 Å². The number of nitrogens with zero attached hydrogens (tertiary/aromatic N) is 2. The molecule has 0 saturated heterocycles. The standard InChI is InChI=1S/C14H19N3O2/c1-17-8-7-10(16-17)9-12(15)11-5-4-6-13(18-2)14(11)19-3/h4-8,12H,9,15H2,1-3H3. The van der Waals surface area contributed by atoms with E-state index in [0.29, 0.717) is 17.9 Å². The van der Waals surface area contributed by atoms with E-state index in [1.54, 1.807) is 18.9 Å². The summed E-state index contributed by atoms with van der Waals surface area (Å²) in [4.78, 5) is 0. The monoisotopic (exact) mass is 261 g/mol. The lowest BCUT2D eigenvalue weighted by atomic mass is 10.0. The molecule has 5 heteroatoms. The van der Waals surface area contributed by atoms with Crippen LogP contribution in [0.5, 0.6) is 11.5 Å². The molecule has 1 aromatic carbocycles. The van der Waals surface area contributed by atoms with Crippen LogP contribution in [0.1, 0.15) is 17.3 Å². The molecule has 0 aliphatic carbocycles. The van der Waals surface area contributed by atoms with Crippen LogP contribution < -0.4 is 15.2 Å². The number of ether oxygens (including phenoxy) is 2. The van der Waals surface area contributed by atoms with Gasteiger partial charge in [-0.2, -0.15) is 5.10 Å². The van der Waals surface area contributed by atoms with Crippen LogP contribution in [0, 0.1) is 0 Å². The molecule has 0 spiro atoms. The highest BCUT2D eigenvalue weighted by Gasteiger charge is 2.17. The number of aromatic nitrogens is 2. The largest absolute Gasteiger partial charge is 0.493 e. The van der Waals surface area contributed by atoms with Crippen LogP contribution in [0.4, 0.5) is 0 Å². The first-order chi connectivity index (χ1) is 9.15. The molecule has 0 fully saturated rings. The third-order valence-electron chi connectivity index (χ3n) is 3.03. The molecule has 0 bridgehead atoms. The predicted molar refractivity (Wildman–Crippen MR) is 73.4 cm³/mol. The van der Waals surface area contributed by atoms with Gasteiger partial charge in [0.15, 0.2) is 11.5 Å². The fraction of sp³-hybridized carbons (Fsp3) is 0.357. The Morgan fingerprint density at radius 1 is 1.26 bits per heavy atom. The highest BCUT2D eigenvalue weighted by molar-refractivity contribution is 5.48. The summed E-state index contributed by atoms with van der Waals surface area (Å²) in [6, 6.07) is 7.51. The van der Waals surface area contributed by atoms with Crippen molar-refractivity contribution in [3.05, 3.63) is 41.7 Å². The third-order valence-corrected chi connectivity index (χ3v) is 3.03. The predicted octanol–water partition coefficient (Wildman–Crippen LogP) is 1.68. The molecule has 102 valence electrons. The minimum absolute atomic E-state index is 0.181. The quantitative estimate of drug-likeness (QED) is 0.889. The van der Waals surface area contributed by atoms with Gasteiger partial charge in [-0.3, -0.25) is 4.68 Å². The van der Waals surface area contributed by atoms with Crippen molar-refractivity contribution in [2.24, 2.45) is 12.8 Å². The summed E-state index contributed by atoms with van der Waals surface area (Å²) in [5.74, 6) is 1.38. The van der Waals surface area contributed by atoms with Crippen molar-refractivity contribution in [1.29, 1.82) is 0 Å². The molecule has 2 N–H and O–H groups in total. The highest BCUT2D eigenvalue weighted by atomic mass is 16.5. The van der Waals surface area contributed by atoms with Crippen LogP contribution in [0.25, 0.3) is 0 Å². The molecule has 19 heavy (non-hydrogen) atoms. The second kappa shape index (κ2) is 5.75. The Morgan fingerprint density at radius 3 is 2.63 bits per heavy atom. The lowest BCUT2D eigenvalue weighted by Crippen LogP contribution is -2.15. The zero-order chi connectivity index (χ0) is 13.8. The van der Waals surface area contributed by atoms with Crippen molar-refractivity contribution in [2.75, 3.05) is 14.2 Å². The Bertz CT molecular complexity index is 551. The van der Waals surface area contributed by atoms with E-state index < -0.39 is 0 Å². The van der Waals surface area contributed by atoms with Crippen LogP contribution in [0.3, 0.4) is 0 Å². The van der Waals surface area contributed by atoms with Gasteiger partial charge >= 0.3 is 0 Å². The Balaban J connectivity index is 2.25. The van der Waals surface area contributed by atoms with E-state index in [0.717, 1.165) is 11.3 Å². The molecule has 1 unspecified atom stereocenters. The zero-order valence-electron chi connectivity index (χ0n) is 11.5. The molecule has 0 amide bonds. The minimum atomic E-state index is -0.181. The average molecular weight is 261 g/mol. The Morgan fingerprint density at radius 2 is 2.05 bits per heavy atom. The van der Waals surface area contributed by atoms with Gasteiger partial charge in [-0.15, -0.1) is 0 Å². The number of para-hydroxylation sites is 1. The SMILES string of the molecule is COc1cccc(C(N)Cc2ccn(C)n2)c1OC. The van der Waals surface area contributed by atoms with Crippen LogP contribution in [0.15, 0.2) is 30.5 Å². The molecular formula is C14H19N3O2. The van der Waals surface area contributed by atoms with E-state index in [4.69, 9.17) is 15.2 Å². The van der Waals surface area contributed by atoms with Crippen LogP contribution >= 0.6 is 0 Å². The molecule has 1 aromatic heterocycles. The fourth-order valence-corrected chi connectivity index (χ4v) is 2.11. The first-order valence-electron chi connectivity index (χ1n) is 6.10. The number of methoxy groups -OCH3 is 2. The smallest absolute Gasteiger partial charge is 0.165 e. The summed E-state index contributed by atoms with van der Waals surface area (Å²) < 4.78 is 12.5. The van der Waals surface area contributed by atoms with Crippen LogP contribution in [0.2, 0.25) is 0 Å². The van der Waals surface area contributed by atoms with Crippen molar-refractivity contribution in [1.82, 2.24) is 9.78 Å². The number of hydrogen-bond acceptors (Lipinski definition) is 4. The maximum atomic E-state index is 6.25. The van der Waals surface area contributed by atoms with Gasteiger partial charge in [0.05, 0.1) is 19.9 Å². The minimum Gasteiger partial charge on any atom is -0.493 e. The lowest BCUT2D eigenvalue weighted by Gasteiger charge is -2.17. The molecule has 0 aliphatic rings. The zero-order valence-corrected chi connectivity index (χ0v) is 11.5. The van der Waals surface area contributed by atoms with Gasteiger partial charge in [0.25, 0.3) is 0 Å². The second-order valence-electron chi connectivity index (χ2n) is 4.37. The van der Waals surface area contributed by atoms with Crippen molar-refractivity contribution < 1.29 is 9.47 Å². The van der Waals surface area contributed by atoms with E-state index in [1.165, 1.54) is 0 Å². The van der Waals surface area contributed by atoms with Gasteiger partial charge in [-0.1, -0.05) is 12.1 Å². The molecule has 1 heterocycles. The number of hydrogen-bond donors (Lipinski definition) is 1. The molecule has 1 atom stereocenters. The fourth-order valence-electron chi connectivity index (χ4n) is 2.11. The topological polar surface area (TPSA) is 62.3 Å². The lowest BCUT2D eigenvalue weighted by molar-refractivity contribution is 0.349. The summed E-state index contributed by atoms with van der Waals surface area (Å²) in [5, 5.41) is 4.34. The molecule has 2 rings (SSSR count). The summed E-state index contributed by atoms with van der Waals surface area (Å²) in [5.41, 5.74) is 8.13. The molecule has 5 nitrogen and oxygen atoms in total. The molecule has 0 saturated carbocycles. The first-order valence-corrected chi connectivity index (χ1v) is 6.10. The molecular weight excluding hydrogens is 242 g/mol. The van der Waals surface area contributed by atoms with Gasteiger partial charge in [-0.25, -0.2) is 0 Å². The van der Waals surface area contributed by atoms with Crippen LogP contribution in [-0.4, -0.2) is 24.0 Å². The van der Waals surface area contributed by atoms with Crippen molar-refractivity contribution in [2.45, 2.75) is 12.5 Å². The second-order valence-corrected chi connectivity index (χ2v) is 4.37. The van der Waals surface area contributed by atoms with Gasteiger partial charge in [0.1, 0.15) is 0 Å². The maximum Gasteiger partial charge on any atom is 0.165 e. The van der Waals surface area contributed by atoms with Gasteiger partial charge < -0.3 is 15.2 Å². The Labute approximate surface area is 112 Å². The summed E-state index contributed by atoms with van der Waals surface area (Å²) in [6.07, 6.45) is 2.56. The number of aryl methyl sites for hydroxylation is 1. The molecule has 2 aromatic rings. The Kier molecular flexibility index (Phi) is 4.06. The average Bonchev–Trinajstić information content (AvgIpc) is 2.82. The first kappa shape index (κ1) is 13.4. The molecule has 0 aliphatic heterocycles.